The molecule has 0 saturated carbocycles. The SMILES string of the molecule is CNCc1ccccc1NC(=O)c1ccc(Cl)c(C)c1. The maximum Gasteiger partial charge on any atom is 0.255 e. The van der Waals surface area contributed by atoms with E-state index < -0.39 is 0 Å². The molecule has 2 N–H and O–H groups in total. The molecule has 1 amide bonds. The van der Waals surface area contributed by atoms with Crippen LogP contribution in [0.25, 0.3) is 0 Å². The Hall–Kier alpha value is -1.84. The maximum atomic E-state index is 12.3. The molecule has 0 aliphatic carbocycles. The highest BCUT2D eigenvalue weighted by Crippen LogP contribution is 2.19. The van der Waals surface area contributed by atoms with Gasteiger partial charge in [-0.1, -0.05) is 29.8 Å². The van der Waals surface area contributed by atoms with Crippen LogP contribution in [0.1, 0.15) is 21.5 Å². The highest BCUT2D eigenvalue weighted by molar-refractivity contribution is 6.31. The molecule has 4 heteroatoms. The standard InChI is InChI=1S/C16H17ClN2O/c1-11-9-12(7-8-14(11)17)16(20)19-15-6-4-3-5-13(15)10-18-2/h3-9,18H,10H2,1-2H3,(H,19,20). The van der Waals surface area contributed by atoms with E-state index in [0.717, 1.165) is 16.8 Å². The zero-order valence-electron chi connectivity index (χ0n) is 11.5. The van der Waals surface area contributed by atoms with Crippen LogP contribution in [0.4, 0.5) is 5.69 Å². The number of para-hydroxylation sites is 1. The Balaban J connectivity index is 2.21. The van der Waals surface area contributed by atoms with Crippen LogP contribution in [0.2, 0.25) is 5.02 Å². The summed E-state index contributed by atoms with van der Waals surface area (Å²) >= 11 is 5.97. The average Bonchev–Trinajstić information content (AvgIpc) is 2.44. The summed E-state index contributed by atoms with van der Waals surface area (Å²) in [6.45, 7) is 2.59. The van der Waals surface area contributed by atoms with E-state index in [1.165, 1.54) is 0 Å². The molecule has 0 spiro atoms. The van der Waals surface area contributed by atoms with Crippen molar-refractivity contribution in [2.24, 2.45) is 0 Å². The third kappa shape index (κ3) is 3.38. The number of hydrogen-bond acceptors (Lipinski definition) is 2. The fraction of sp³-hybridized carbons (Fsp3) is 0.188. The molecule has 0 unspecified atom stereocenters. The summed E-state index contributed by atoms with van der Waals surface area (Å²) in [7, 11) is 1.88. The van der Waals surface area contributed by atoms with Gasteiger partial charge in [-0.05, 0) is 49.4 Å². The van der Waals surface area contributed by atoms with Crippen molar-refractivity contribution in [3.05, 3.63) is 64.2 Å². The second kappa shape index (κ2) is 6.55. The quantitative estimate of drug-likeness (QED) is 0.902. The van der Waals surface area contributed by atoms with Crippen LogP contribution in [-0.2, 0) is 6.54 Å². The summed E-state index contributed by atoms with van der Waals surface area (Å²) in [5.74, 6) is -0.131. The molecule has 0 aliphatic heterocycles. The molecular formula is C16H17ClN2O. The molecular weight excluding hydrogens is 272 g/mol. The van der Waals surface area contributed by atoms with Crippen LogP contribution in [0.3, 0.4) is 0 Å². The first kappa shape index (κ1) is 14.6. The molecule has 0 radical (unpaired) electrons. The summed E-state index contributed by atoms with van der Waals surface area (Å²) in [6, 6.07) is 13.0. The van der Waals surface area contributed by atoms with Crippen molar-refractivity contribution in [1.82, 2.24) is 5.32 Å². The molecule has 0 atom stereocenters. The van der Waals surface area contributed by atoms with Crippen molar-refractivity contribution < 1.29 is 4.79 Å². The number of anilines is 1. The van der Waals surface area contributed by atoms with Gasteiger partial charge in [-0.3, -0.25) is 4.79 Å². The molecule has 0 bridgehead atoms. The van der Waals surface area contributed by atoms with Gasteiger partial charge in [0.2, 0.25) is 0 Å². The van der Waals surface area contributed by atoms with Crippen LogP contribution < -0.4 is 10.6 Å². The lowest BCUT2D eigenvalue weighted by molar-refractivity contribution is 0.102. The fourth-order valence-electron chi connectivity index (χ4n) is 1.97. The minimum Gasteiger partial charge on any atom is -0.322 e. The number of aryl methyl sites for hydroxylation is 1. The topological polar surface area (TPSA) is 41.1 Å². The Morgan fingerprint density at radius 1 is 1.20 bits per heavy atom. The molecule has 0 saturated heterocycles. The fourth-order valence-corrected chi connectivity index (χ4v) is 2.08. The highest BCUT2D eigenvalue weighted by atomic mass is 35.5. The van der Waals surface area contributed by atoms with Gasteiger partial charge in [-0.2, -0.15) is 0 Å². The Labute approximate surface area is 124 Å². The van der Waals surface area contributed by atoms with E-state index in [9.17, 15) is 4.79 Å². The van der Waals surface area contributed by atoms with Gasteiger partial charge in [0.1, 0.15) is 0 Å². The van der Waals surface area contributed by atoms with E-state index in [-0.39, 0.29) is 5.91 Å². The van der Waals surface area contributed by atoms with Gasteiger partial charge in [0, 0.05) is 22.8 Å². The van der Waals surface area contributed by atoms with Crippen LogP contribution in [0.15, 0.2) is 42.5 Å². The molecule has 0 aromatic heterocycles. The molecule has 2 aromatic rings. The second-order valence-electron chi connectivity index (χ2n) is 4.61. The van der Waals surface area contributed by atoms with Crippen molar-refractivity contribution in [3.8, 4) is 0 Å². The second-order valence-corrected chi connectivity index (χ2v) is 5.01. The molecule has 2 rings (SSSR count). The van der Waals surface area contributed by atoms with Gasteiger partial charge < -0.3 is 10.6 Å². The summed E-state index contributed by atoms with van der Waals surface area (Å²) in [5.41, 5.74) is 3.36. The summed E-state index contributed by atoms with van der Waals surface area (Å²) < 4.78 is 0. The Bertz CT molecular complexity index is 626. The van der Waals surface area contributed by atoms with Crippen LogP contribution >= 0.6 is 11.6 Å². The first-order chi connectivity index (χ1) is 9.61. The van der Waals surface area contributed by atoms with E-state index in [1.54, 1.807) is 18.2 Å². The van der Waals surface area contributed by atoms with Gasteiger partial charge in [0.15, 0.2) is 0 Å². The summed E-state index contributed by atoms with van der Waals surface area (Å²) in [5, 5.41) is 6.69. The lowest BCUT2D eigenvalue weighted by atomic mass is 10.1. The third-order valence-corrected chi connectivity index (χ3v) is 3.48. The molecule has 20 heavy (non-hydrogen) atoms. The highest BCUT2D eigenvalue weighted by Gasteiger charge is 2.09. The molecule has 3 nitrogen and oxygen atoms in total. The zero-order chi connectivity index (χ0) is 14.5. The Morgan fingerprint density at radius 2 is 1.95 bits per heavy atom. The predicted molar refractivity (Wildman–Crippen MR) is 83.3 cm³/mol. The average molecular weight is 289 g/mol. The first-order valence-electron chi connectivity index (χ1n) is 6.42. The molecule has 0 aliphatic rings. The monoisotopic (exact) mass is 288 g/mol. The van der Waals surface area contributed by atoms with E-state index in [4.69, 9.17) is 11.6 Å². The van der Waals surface area contributed by atoms with Crippen LogP contribution in [0.5, 0.6) is 0 Å². The van der Waals surface area contributed by atoms with E-state index in [0.29, 0.717) is 17.1 Å². The predicted octanol–water partition coefficient (Wildman–Crippen LogP) is 3.62. The molecule has 0 fully saturated rings. The van der Waals surface area contributed by atoms with E-state index in [2.05, 4.69) is 10.6 Å². The minimum atomic E-state index is -0.131. The third-order valence-electron chi connectivity index (χ3n) is 3.05. The number of amides is 1. The summed E-state index contributed by atoms with van der Waals surface area (Å²) in [4.78, 5) is 12.3. The van der Waals surface area contributed by atoms with Gasteiger partial charge in [0.05, 0.1) is 0 Å². The normalized spacial score (nSPS) is 10.3. The zero-order valence-corrected chi connectivity index (χ0v) is 12.3. The van der Waals surface area contributed by atoms with Crippen molar-refractivity contribution in [3.63, 3.8) is 0 Å². The molecule has 2 aromatic carbocycles. The number of halogens is 1. The Kier molecular flexibility index (Phi) is 4.77. The lowest BCUT2D eigenvalue weighted by Crippen LogP contribution is -2.15. The number of carbonyl (C=O) groups excluding carboxylic acids is 1. The smallest absolute Gasteiger partial charge is 0.255 e. The number of hydrogen-bond donors (Lipinski definition) is 2. The number of rotatable bonds is 4. The number of carbonyl (C=O) groups is 1. The van der Waals surface area contributed by atoms with Crippen molar-refractivity contribution >= 4 is 23.2 Å². The van der Waals surface area contributed by atoms with Gasteiger partial charge in [-0.25, -0.2) is 0 Å². The van der Waals surface area contributed by atoms with Gasteiger partial charge in [0.25, 0.3) is 5.91 Å². The molecule has 104 valence electrons. The van der Waals surface area contributed by atoms with E-state index in [1.807, 2.05) is 38.2 Å². The van der Waals surface area contributed by atoms with Crippen LogP contribution in [0, 0.1) is 6.92 Å². The van der Waals surface area contributed by atoms with E-state index >= 15 is 0 Å². The van der Waals surface area contributed by atoms with Gasteiger partial charge >= 0.3 is 0 Å². The number of nitrogens with one attached hydrogen (secondary N) is 2. The molecule has 0 heterocycles. The number of benzene rings is 2. The van der Waals surface area contributed by atoms with Gasteiger partial charge in [-0.15, -0.1) is 0 Å². The minimum absolute atomic E-state index is 0.131. The first-order valence-corrected chi connectivity index (χ1v) is 6.79. The van der Waals surface area contributed by atoms with Crippen molar-refractivity contribution in [1.29, 1.82) is 0 Å². The summed E-state index contributed by atoms with van der Waals surface area (Å²) in [6.07, 6.45) is 0. The lowest BCUT2D eigenvalue weighted by Gasteiger charge is -2.11. The van der Waals surface area contributed by atoms with Crippen LogP contribution in [-0.4, -0.2) is 13.0 Å². The van der Waals surface area contributed by atoms with Crippen molar-refractivity contribution in [2.75, 3.05) is 12.4 Å². The maximum absolute atomic E-state index is 12.3. The van der Waals surface area contributed by atoms with Crippen molar-refractivity contribution in [2.45, 2.75) is 13.5 Å². The Morgan fingerprint density at radius 3 is 2.65 bits per heavy atom. The largest absolute Gasteiger partial charge is 0.322 e.